The quantitative estimate of drug-likeness (QED) is 0.649. The Bertz CT molecular complexity index is 1020. The molecule has 1 amide bonds. The number of nitrogen functional groups attached to an aromatic ring is 1. The van der Waals surface area contributed by atoms with Crippen molar-refractivity contribution in [2.24, 2.45) is 0 Å². The number of ether oxygens (including phenoxy) is 1. The number of halogens is 3. The summed E-state index contributed by atoms with van der Waals surface area (Å²) in [4.78, 5) is 16.3. The van der Waals surface area contributed by atoms with E-state index in [0.717, 1.165) is 23.4 Å². The normalized spacial score (nSPS) is 11.2. The van der Waals surface area contributed by atoms with E-state index in [0.29, 0.717) is 11.3 Å². The van der Waals surface area contributed by atoms with Crippen molar-refractivity contribution in [3.63, 3.8) is 0 Å². The first-order chi connectivity index (χ1) is 13.7. The Balaban J connectivity index is 1.61. The standard InChI is InChI=1S/C21H18F3N3O2/c1-13-5-10-18(19(25)27-13)20(28)26-12-14-6-8-16(9-7-14)29-17-4-2-3-15(11-17)21(22,23)24/h2-11H,12H2,1H3,(H2,25,27)(H,26,28). The highest BCUT2D eigenvalue weighted by atomic mass is 19.4. The lowest BCUT2D eigenvalue weighted by molar-refractivity contribution is -0.137. The molecule has 1 heterocycles. The highest BCUT2D eigenvalue weighted by molar-refractivity contribution is 5.98. The van der Waals surface area contributed by atoms with Crippen LogP contribution >= 0.6 is 0 Å². The molecule has 0 aliphatic rings. The number of carbonyl (C=O) groups excluding carboxylic acids is 1. The number of hydrogen-bond donors (Lipinski definition) is 2. The lowest BCUT2D eigenvalue weighted by atomic mass is 10.2. The van der Waals surface area contributed by atoms with Gasteiger partial charge in [0.2, 0.25) is 0 Å². The van der Waals surface area contributed by atoms with Gasteiger partial charge in [0.1, 0.15) is 17.3 Å². The highest BCUT2D eigenvalue weighted by Crippen LogP contribution is 2.32. The molecular formula is C21H18F3N3O2. The van der Waals surface area contributed by atoms with Gasteiger partial charge in [0.05, 0.1) is 11.1 Å². The average Bonchev–Trinajstić information content (AvgIpc) is 2.67. The van der Waals surface area contributed by atoms with E-state index in [2.05, 4.69) is 10.3 Å². The molecule has 2 aromatic carbocycles. The summed E-state index contributed by atoms with van der Waals surface area (Å²) in [6, 6.07) is 14.6. The first-order valence-corrected chi connectivity index (χ1v) is 8.68. The molecule has 1 aromatic heterocycles. The molecule has 0 atom stereocenters. The predicted molar refractivity (Wildman–Crippen MR) is 103 cm³/mol. The number of benzene rings is 2. The van der Waals surface area contributed by atoms with Crippen LogP contribution in [-0.4, -0.2) is 10.9 Å². The van der Waals surface area contributed by atoms with Gasteiger partial charge in [-0.3, -0.25) is 4.79 Å². The molecule has 0 radical (unpaired) electrons. The number of aromatic nitrogens is 1. The fourth-order valence-corrected chi connectivity index (χ4v) is 2.59. The molecule has 0 fully saturated rings. The Morgan fingerprint density at radius 2 is 1.79 bits per heavy atom. The van der Waals surface area contributed by atoms with Crippen LogP contribution in [0.4, 0.5) is 19.0 Å². The zero-order chi connectivity index (χ0) is 21.0. The fourth-order valence-electron chi connectivity index (χ4n) is 2.59. The zero-order valence-corrected chi connectivity index (χ0v) is 15.5. The van der Waals surface area contributed by atoms with Crippen LogP contribution in [-0.2, 0) is 12.7 Å². The number of nitrogens with zero attached hydrogens (tertiary/aromatic N) is 1. The van der Waals surface area contributed by atoms with E-state index in [1.807, 2.05) is 0 Å². The summed E-state index contributed by atoms with van der Waals surface area (Å²) in [5.74, 6) is 0.279. The number of alkyl halides is 3. The molecule has 0 unspecified atom stereocenters. The summed E-state index contributed by atoms with van der Waals surface area (Å²) in [5, 5.41) is 2.74. The number of rotatable bonds is 5. The van der Waals surface area contributed by atoms with Crippen molar-refractivity contribution >= 4 is 11.7 Å². The maximum atomic E-state index is 12.8. The van der Waals surface area contributed by atoms with Gasteiger partial charge in [0, 0.05) is 12.2 Å². The second-order valence-corrected chi connectivity index (χ2v) is 6.34. The summed E-state index contributed by atoms with van der Waals surface area (Å²) in [6.07, 6.45) is -4.43. The van der Waals surface area contributed by atoms with Crippen molar-refractivity contribution in [1.82, 2.24) is 10.3 Å². The third kappa shape index (κ3) is 5.25. The summed E-state index contributed by atoms with van der Waals surface area (Å²) < 4.78 is 43.8. The van der Waals surface area contributed by atoms with E-state index < -0.39 is 11.7 Å². The molecule has 0 bridgehead atoms. The Hall–Kier alpha value is -3.55. The molecule has 0 aliphatic heterocycles. The molecule has 29 heavy (non-hydrogen) atoms. The minimum absolute atomic E-state index is 0.0863. The number of carbonyl (C=O) groups is 1. The van der Waals surface area contributed by atoms with Gasteiger partial charge in [0.25, 0.3) is 5.91 Å². The Kier molecular flexibility index (Phi) is 5.72. The average molecular weight is 401 g/mol. The maximum Gasteiger partial charge on any atom is 0.416 e. The number of hydrogen-bond acceptors (Lipinski definition) is 4. The number of anilines is 1. The van der Waals surface area contributed by atoms with Crippen molar-refractivity contribution in [2.45, 2.75) is 19.6 Å². The Morgan fingerprint density at radius 1 is 1.07 bits per heavy atom. The third-order valence-corrected chi connectivity index (χ3v) is 4.08. The SMILES string of the molecule is Cc1ccc(C(=O)NCc2ccc(Oc3cccc(C(F)(F)F)c3)cc2)c(N)n1. The van der Waals surface area contributed by atoms with Gasteiger partial charge < -0.3 is 15.8 Å². The van der Waals surface area contributed by atoms with Crippen LogP contribution in [0.3, 0.4) is 0 Å². The first kappa shape index (κ1) is 20.2. The zero-order valence-electron chi connectivity index (χ0n) is 15.5. The van der Waals surface area contributed by atoms with Crippen molar-refractivity contribution in [1.29, 1.82) is 0 Å². The topological polar surface area (TPSA) is 77.2 Å². The van der Waals surface area contributed by atoms with E-state index in [-0.39, 0.29) is 24.0 Å². The van der Waals surface area contributed by atoms with E-state index in [1.165, 1.54) is 12.1 Å². The monoisotopic (exact) mass is 401 g/mol. The third-order valence-electron chi connectivity index (χ3n) is 4.08. The van der Waals surface area contributed by atoms with E-state index in [1.54, 1.807) is 43.3 Å². The van der Waals surface area contributed by atoms with Crippen molar-refractivity contribution in [2.75, 3.05) is 5.73 Å². The van der Waals surface area contributed by atoms with E-state index in [9.17, 15) is 18.0 Å². The number of amides is 1. The molecule has 8 heteroatoms. The number of nitrogens with two attached hydrogens (primary N) is 1. The van der Waals surface area contributed by atoms with Crippen LogP contribution in [0.15, 0.2) is 60.7 Å². The number of pyridine rings is 1. The van der Waals surface area contributed by atoms with Crippen molar-refractivity contribution < 1.29 is 22.7 Å². The van der Waals surface area contributed by atoms with Crippen LogP contribution in [0, 0.1) is 6.92 Å². The Labute approximate surface area is 165 Å². The van der Waals surface area contributed by atoms with Crippen LogP contribution < -0.4 is 15.8 Å². The van der Waals surface area contributed by atoms with Crippen LogP contribution in [0.5, 0.6) is 11.5 Å². The number of aryl methyl sites for hydroxylation is 1. The second-order valence-electron chi connectivity index (χ2n) is 6.34. The lowest BCUT2D eigenvalue weighted by Crippen LogP contribution is -2.24. The molecule has 5 nitrogen and oxygen atoms in total. The minimum atomic E-state index is -4.43. The van der Waals surface area contributed by atoms with Gasteiger partial charge >= 0.3 is 6.18 Å². The molecule has 3 N–H and O–H groups in total. The molecule has 0 spiro atoms. The molecule has 0 aliphatic carbocycles. The van der Waals surface area contributed by atoms with Crippen molar-refractivity contribution in [3.8, 4) is 11.5 Å². The first-order valence-electron chi connectivity index (χ1n) is 8.68. The van der Waals surface area contributed by atoms with Crippen molar-refractivity contribution in [3.05, 3.63) is 83.0 Å². The predicted octanol–water partition coefficient (Wildman–Crippen LogP) is 4.71. The summed E-state index contributed by atoms with van der Waals surface area (Å²) in [6.45, 7) is 2.02. The minimum Gasteiger partial charge on any atom is -0.457 e. The Morgan fingerprint density at radius 3 is 2.45 bits per heavy atom. The largest absolute Gasteiger partial charge is 0.457 e. The van der Waals surface area contributed by atoms with E-state index in [4.69, 9.17) is 10.5 Å². The maximum absolute atomic E-state index is 12.8. The summed E-state index contributed by atoms with van der Waals surface area (Å²) >= 11 is 0. The van der Waals surface area contributed by atoms with Gasteiger partial charge in [-0.1, -0.05) is 18.2 Å². The second kappa shape index (κ2) is 8.22. The number of nitrogens with one attached hydrogen (secondary N) is 1. The fraction of sp³-hybridized carbons (Fsp3) is 0.143. The lowest BCUT2D eigenvalue weighted by Gasteiger charge is -2.11. The molecular weight excluding hydrogens is 383 g/mol. The molecule has 150 valence electrons. The summed E-state index contributed by atoms with van der Waals surface area (Å²) in [7, 11) is 0. The van der Waals surface area contributed by atoms with Gasteiger partial charge in [-0.2, -0.15) is 13.2 Å². The van der Waals surface area contributed by atoms with Gasteiger partial charge in [-0.25, -0.2) is 4.98 Å². The highest BCUT2D eigenvalue weighted by Gasteiger charge is 2.30. The molecule has 0 saturated carbocycles. The summed E-state index contributed by atoms with van der Waals surface area (Å²) in [5.41, 5.74) is 6.78. The van der Waals surface area contributed by atoms with Crippen LogP contribution in [0.2, 0.25) is 0 Å². The smallest absolute Gasteiger partial charge is 0.416 e. The van der Waals surface area contributed by atoms with Crippen LogP contribution in [0.1, 0.15) is 27.2 Å². The molecule has 3 rings (SSSR count). The van der Waals surface area contributed by atoms with Gasteiger partial charge in [0.15, 0.2) is 0 Å². The van der Waals surface area contributed by atoms with Gasteiger partial charge in [-0.15, -0.1) is 0 Å². The van der Waals surface area contributed by atoms with E-state index >= 15 is 0 Å². The molecule has 0 saturated heterocycles. The van der Waals surface area contributed by atoms with Crippen LogP contribution in [0.25, 0.3) is 0 Å². The molecule has 3 aromatic rings. The van der Waals surface area contributed by atoms with Gasteiger partial charge in [-0.05, 0) is 55.0 Å².